The average molecular weight is 307 g/mol. The van der Waals surface area contributed by atoms with Crippen molar-refractivity contribution in [3.05, 3.63) is 0 Å². The van der Waals surface area contributed by atoms with Gasteiger partial charge in [0.15, 0.2) is 0 Å². The van der Waals surface area contributed by atoms with Crippen LogP contribution < -0.4 is 5.73 Å². The monoisotopic (exact) mass is 307 g/mol. The summed E-state index contributed by atoms with van der Waals surface area (Å²) < 4.78 is 0.192. The lowest BCUT2D eigenvalue weighted by Crippen LogP contribution is -2.31. The summed E-state index contributed by atoms with van der Waals surface area (Å²) in [4.78, 5) is 19.1. The van der Waals surface area contributed by atoms with Crippen LogP contribution in [-0.4, -0.2) is 38.4 Å². The van der Waals surface area contributed by atoms with Gasteiger partial charge in [0.05, 0.1) is 4.43 Å². The fourth-order valence-corrected chi connectivity index (χ4v) is 0.234. The molecule has 1 atom stereocenters. The molecule has 4 N–H and O–H groups in total. The number of carboxylic acids is 2. The summed E-state index contributed by atoms with van der Waals surface area (Å²) in [6, 6.07) is -0.816. The van der Waals surface area contributed by atoms with Gasteiger partial charge in [0.25, 0.3) is 0 Å². The highest BCUT2D eigenvalue weighted by atomic mass is 127. The zero-order valence-electron chi connectivity index (χ0n) is 6.11. The van der Waals surface area contributed by atoms with Crippen LogP contribution in [0.3, 0.4) is 0 Å². The predicted molar refractivity (Wildman–Crippen MR) is 56.0 cm³/mol. The Morgan fingerprint density at radius 2 is 1.83 bits per heavy atom. The molecule has 7 heteroatoms. The van der Waals surface area contributed by atoms with Crippen LogP contribution in [0.2, 0.25) is 0 Å². The molecule has 0 aliphatic heterocycles. The first-order valence-corrected chi connectivity index (χ1v) is 4.98. The number of aliphatic carboxylic acids is 2. The van der Waals surface area contributed by atoms with Gasteiger partial charge in [-0.3, -0.25) is 9.59 Å². The van der Waals surface area contributed by atoms with Crippen LogP contribution in [0.15, 0.2) is 0 Å². The van der Waals surface area contributed by atoms with Gasteiger partial charge in [-0.25, -0.2) is 0 Å². The van der Waals surface area contributed by atoms with E-state index in [0.29, 0.717) is 0 Å². The maximum atomic E-state index is 9.76. The third kappa shape index (κ3) is 12.6. The Labute approximate surface area is 88.9 Å². The summed E-state index contributed by atoms with van der Waals surface area (Å²) >= 11 is 5.43. The third-order valence-corrected chi connectivity index (χ3v) is 1.67. The molecule has 5 nitrogen and oxygen atoms in total. The van der Waals surface area contributed by atoms with E-state index in [1.165, 1.54) is 0 Å². The van der Waals surface area contributed by atoms with Crippen LogP contribution in [0.5, 0.6) is 0 Å². The molecule has 0 aromatic rings. The van der Waals surface area contributed by atoms with Gasteiger partial charge in [0.2, 0.25) is 0 Å². The minimum absolute atomic E-state index is 0.190. The number of alkyl halides is 1. The number of rotatable bonds is 3. The largest absolute Gasteiger partial charge is 0.481 e. The van der Waals surface area contributed by atoms with Crippen molar-refractivity contribution >= 4 is 47.2 Å². The number of halogens is 1. The molecule has 0 saturated carbocycles. The standard InChI is InChI=1S/C3H7NO2S.C2H3IO2/c4-2(1-7)3(5)6;3-1-2(4)5/h2,7H,1,4H2,(H,5,6);1H2,(H,4,5)/t2-;/m0./s1. The molecule has 0 aliphatic rings. The van der Waals surface area contributed by atoms with Crippen LogP contribution in [-0.2, 0) is 9.59 Å². The van der Waals surface area contributed by atoms with Gasteiger partial charge in [0.1, 0.15) is 6.04 Å². The summed E-state index contributed by atoms with van der Waals surface area (Å²) in [5, 5.41) is 15.7. The Morgan fingerprint density at radius 1 is 1.50 bits per heavy atom. The van der Waals surface area contributed by atoms with E-state index >= 15 is 0 Å². The molecule has 0 radical (unpaired) electrons. The lowest BCUT2D eigenvalue weighted by molar-refractivity contribution is -0.138. The van der Waals surface area contributed by atoms with Gasteiger partial charge in [-0.15, -0.1) is 0 Å². The maximum absolute atomic E-state index is 9.76. The number of nitrogens with two attached hydrogens (primary N) is 1. The van der Waals surface area contributed by atoms with Crippen LogP contribution in [0.4, 0.5) is 0 Å². The van der Waals surface area contributed by atoms with Gasteiger partial charge < -0.3 is 15.9 Å². The van der Waals surface area contributed by atoms with E-state index < -0.39 is 18.0 Å². The zero-order valence-corrected chi connectivity index (χ0v) is 9.16. The fraction of sp³-hybridized carbons (Fsp3) is 0.600. The first-order valence-electron chi connectivity index (χ1n) is 2.82. The van der Waals surface area contributed by atoms with E-state index in [1.54, 1.807) is 22.6 Å². The third-order valence-electron chi connectivity index (χ3n) is 0.628. The number of hydrogen-bond acceptors (Lipinski definition) is 4. The molecular weight excluding hydrogens is 297 g/mol. The lowest BCUT2D eigenvalue weighted by Gasteiger charge is -1.96. The Balaban J connectivity index is 0. The number of thiol groups is 1. The summed E-state index contributed by atoms with van der Waals surface area (Å²) in [6.07, 6.45) is 0. The lowest BCUT2D eigenvalue weighted by atomic mass is 10.4. The second-order valence-electron chi connectivity index (χ2n) is 1.65. The van der Waals surface area contributed by atoms with Crippen LogP contribution in [0.1, 0.15) is 0 Å². The minimum atomic E-state index is -1.00. The Morgan fingerprint density at radius 3 is 1.83 bits per heavy atom. The molecule has 0 fully saturated rings. The SMILES string of the molecule is N[C@@H](CS)C(=O)O.O=C(O)CI. The zero-order chi connectivity index (χ0) is 10.1. The molecule has 0 aliphatic carbocycles. The van der Waals surface area contributed by atoms with Crippen molar-refractivity contribution < 1.29 is 19.8 Å². The normalized spacial score (nSPS) is 10.9. The molecule has 0 aromatic carbocycles. The Kier molecular flexibility index (Phi) is 11.0. The van der Waals surface area contributed by atoms with Crippen molar-refractivity contribution in [2.75, 3.05) is 10.2 Å². The Bertz CT molecular complexity index is 154. The van der Waals surface area contributed by atoms with E-state index in [-0.39, 0.29) is 10.2 Å². The molecule has 0 spiro atoms. The molecule has 0 rings (SSSR count). The minimum Gasteiger partial charge on any atom is -0.481 e. The first kappa shape index (κ1) is 14.5. The van der Waals surface area contributed by atoms with Crippen molar-refractivity contribution in [3.8, 4) is 0 Å². The van der Waals surface area contributed by atoms with E-state index in [9.17, 15) is 9.59 Å². The molecule has 72 valence electrons. The fourth-order valence-electron chi connectivity index (χ4n) is 0.0781. The van der Waals surface area contributed by atoms with Crippen molar-refractivity contribution in [1.29, 1.82) is 0 Å². The smallest absolute Gasteiger partial charge is 0.321 e. The second kappa shape index (κ2) is 9.07. The van der Waals surface area contributed by atoms with Crippen LogP contribution in [0, 0.1) is 0 Å². The summed E-state index contributed by atoms with van der Waals surface area (Å²) in [5.41, 5.74) is 4.94. The van der Waals surface area contributed by atoms with E-state index in [0.717, 1.165) is 0 Å². The van der Waals surface area contributed by atoms with E-state index in [1.807, 2.05) is 0 Å². The second-order valence-corrected chi connectivity index (χ2v) is 2.78. The first-order chi connectivity index (χ1) is 5.45. The van der Waals surface area contributed by atoms with Crippen molar-refractivity contribution in [2.24, 2.45) is 5.73 Å². The predicted octanol–water partition coefficient (Wildman–Crippen LogP) is -0.166. The summed E-state index contributed by atoms with van der Waals surface area (Å²) in [7, 11) is 0. The molecule has 0 bridgehead atoms. The Hall–Kier alpha value is -0.0200. The van der Waals surface area contributed by atoms with Gasteiger partial charge in [-0.1, -0.05) is 22.6 Å². The molecule has 0 amide bonds. The molecular formula is C5H10INO4S. The molecule has 12 heavy (non-hydrogen) atoms. The van der Waals surface area contributed by atoms with E-state index in [2.05, 4.69) is 12.6 Å². The number of carbonyl (C=O) groups is 2. The molecule has 0 heterocycles. The quantitative estimate of drug-likeness (QED) is 0.330. The van der Waals surface area contributed by atoms with Gasteiger partial charge in [-0.05, 0) is 0 Å². The van der Waals surface area contributed by atoms with Gasteiger partial charge >= 0.3 is 11.9 Å². The maximum Gasteiger partial charge on any atom is 0.321 e. The molecule has 0 saturated heterocycles. The highest BCUT2D eigenvalue weighted by molar-refractivity contribution is 14.1. The molecule has 0 aromatic heterocycles. The topological polar surface area (TPSA) is 101 Å². The summed E-state index contributed by atoms with van der Waals surface area (Å²) in [6.45, 7) is 0. The highest BCUT2D eigenvalue weighted by Gasteiger charge is 2.06. The number of hydrogen-bond donors (Lipinski definition) is 4. The summed E-state index contributed by atoms with van der Waals surface area (Å²) in [5.74, 6) is -1.57. The van der Waals surface area contributed by atoms with E-state index in [4.69, 9.17) is 15.9 Å². The van der Waals surface area contributed by atoms with Gasteiger partial charge in [-0.2, -0.15) is 12.6 Å². The van der Waals surface area contributed by atoms with Crippen molar-refractivity contribution in [3.63, 3.8) is 0 Å². The highest BCUT2D eigenvalue weighted by Crippen LogP contribution is 1.80. The number of carboxylic acid groups (broad SMARTS) is 2. The van der Waals surface area contributed by atoms with Gasteiger partial charge in [0, 0.05) is 5.75 Å². The van der Waals surface area contributed by atoms with Crippen molar-refractivity contribution in [1.82, 2.24) is 0 Å². The van der Waals surface area contributed by atoms with Crippen molar-refractivity contribution in [2.45, 2.75) is 6.04 Å². The van der Waals surface area contributed by atoms with Crippen LogP contribution >= 0.6 is 35.2 Å². The van der Waals surface area contributed by atoms with Crippen LogP contribution in [0.25, 0.3) is 0 Å². The average Bonchev–Trinajstić information content (AvgIpc) is 2.04. The molecule has 0 unspecified atom stereocenters.